The number of benzene rings is 3. The molecule has 2 aliphatic carbocycles. The van der Waals surface area contributed by atoms with Crippen LogP contribution in [0, 0.1) is 0 Å². The van der Waals surface area contributed by atoms with Crippen molar-refractivity contribution >= 4 is 38.4 Å². The van der Waals surface area contributed by atoms with E-state index in [9.17, 15) is 0 Å². The average Bonchev–Trinajstić information content (AvgIpc) is 3.56. The molecule has 2 aliphatic rings. The number of hydrogen-bond donors (Lipinski definition) is 0. The number of aromatic nitrogens is 4. The average molecular weight is 447 g/mol. The normalized spacial score (nSPS) is 13.5. The lowest BCUT2D eigenvalue weighted by molar-refractivity contribution is 1.21. The molecule has 0 unspecified atom stereocenters. The highest BCUT2D eigenvalue weighted by atomic mass is 15.0. The molecule has 4 nitrogen and oxygen atoms in total. The third kappa shape index (κ3) is 2.20. The van der Waals surface area contributed by atoms with Gasteiger partial charge in [-0.2, -0.15) is 0 Å². The molecule has 0 atom stereocenters. The summed E-state index contributed by atoms with van der Waals surface area (Å²) in [6.45, 7) is 0. The van der Waals surface area contributed by atoms with Crippen molar-refractivity contribution in [2.75, 3.05) is 0 Å². The first-order valence-corrected chi connectivity index (χ1v) is 12.0. The number of rotatable bonds is 0. The second-order valence-electron chi connectivity index (χ2n) is 9.76. The smallest absolute Gasteiger partial charge is 0.146 e. The maximum Gasteiger partial charge on any atom is 0.146 e. The zero-order valence-electron chi connectivity index (χ0n) is 18.8. The maximum atomic E-state index is 5.17. The van der Waals surface area contributed by atoms with Gasteiger partial charge in [-0.1, -0.05) is 30.3 Å². The Hall–Kier alpha value is -4.57. The Balaban J connectivity index is 1.35. The van der Waals surface area contributed by atoms with Crippen LogP contribution in [0.15, 0.2) is 85.5 Å². The van der Waals surface area contributed by atoms with Crippen molar-refractivity contribution in [1.29, 1.82) is 0 Å². The van der Waals surface area contributed by atoms with Gasteiger partial charge in [0.1, 0.15) is 5.65 Å². The molecule has 4 heteroatoms. The minimum Gasteiger partial charge on any atom is -0.292 e. The van der Waals surface area contributed by atoms with E-state index < -0.39 is 0 Å². The van der Waals surface area contributed by atoms with Crippen LogP contribution in [-0.2, 0) is 12.8 Å². The van der Waals surface area contributed by atoms with Crippen LogP contribution in [0.5, 0.6) is 0 Å². The molecule has 162 valence electrons. The van der Waals surface area contributed by atoms with Gasteiger partial charge in [0, 0.05) is 40.9 Å². The molecule has 0 N–H and O–H groups in total. The van der Waals surface area contributed by atoms with Gasteiger partial charge >= 0.3 is 0 Å². The molecule has 0 fully saturated rings. The van der Waals surface area contributed by atoms with Crippen LogP contribution in [0.4, 0.5) is 0 Å². The van der Waals surface area contributed by atoms with Gasteiger partial charge in [0.05, 0.1) is 16.6 Å². The van der Waals surface area contributed by atoms with Crippen molar-refractivity contribution in [3.8, 4) is 22.3 Å². The van der Waals surface area contributed by atoms with Gasteiger partial charge in [-0.05, 0) is 87.7 Å². The van der Waals surface area contributed by atoms with E-state index in [-0.39, 0.29) is 0 Å². The molecule has 0 spiro atoms. The second kappa shape index (κ2) is 6.10. The molecule has 35 heavy (non-hydrogen) atoms. The van der Waals surface area contributed by atoms with E-state index in [0.29, 0.717) is 0 Å². The predicted octanol–water partition coefficient (Wildman–Crippen LogP) is 6.73. The van der Waals surface area contributed by atoms with E-state index in [1.807, 2.05) is 24.8 Å². The van der Waals surface area contributed by atoms with Crippen molar-refractivity contribution in [2.45, 2.75) is 12.8 Å². The van der Waals surface area contributed by atoms with Gasteiger partial charge in [0.2, 0.25) is 0 Å². The highest BCUT2D eigenvalue weighted by molar-refractivity contribution is 6.13. The Bertz CT molecular complexity index is 2070. The molecule has 0 saturated carbocycles. The summed E-state index contributed by atoms with van der Waals surface area (Å²) in [5.41, 5.74) is 15.4. The molecule has 4 aromatic heterocycles. The molecule has 0 amide bonds. The van der Waals surface area contributed by atoms with E-state index in [1.54, 1.807) is 0 Å². The molecule has 9 rings (SSSR count). The first-order valence-electron chi connectivity index (χ1n) is 12.0. The number of fused-ring (bicyclic) bond motifs is 14. The lowest BCUT2D eigenvalue weighted by atomic mass is 9.98. The molecule has 4 heterocycles. The Labute approximate surface area is 200 Å². The fourth-order valence-electron chi connectivity index (χ4n) is 6.42. The molecule has 0 saturated heterocycles. The van der Waals surface area contributed by atoms with Crippen LogP contribution < -0.4 is 0 Å². The SMILES string of the molecule is c1ccc2c(c1)Cc1cc3c(cc1-2)-c1cc2nc4c5ccncc5c5cnccc5n4c2cc1C3. The maximum absolute atomic E-state index is 5.17. The van der Waals surface area contributed by atoms with E-state index in [4.69, 9.17) is 4.98 Å². The summed E-state index contributed by atoms with van der Waals surface area (Å²) in [5.74, 6) is 0. The van der Waals surface area contributed by atoms with E-state index >= 15 is 0 Å². The summed E-state index contributed by atoms with van der Waals surface area (Å²) in [6, 6.07) is 22.5. The van der Waals surface area contributed by atoms with Gasteiger partial charge in [0.25, 0.3) is 0 Å². The molecule has 0 bridgehead atoms. The molecule has 3 aromatic carbocycles. The van der Waals surface area contributed by atoms with Crippen molar-refractivity contribution in [3.05, 3.63) is 108 Å². The first kappa shape index (κ1) is 17.8. The molecule has 0 radical (unpaired) electrons. The lowest BCUT2D eigenvalue weighted by Crippen LogP contribution is -1.93. The van der Waals surface area contributed by atoms with Gasteiger partial charge in [0.15, 0.2) is 0 Å². The van der Waals surface area contributed by atoms with Crippen molar-refractivity contribution in [2.24, 2.45) is 0 Å². The summed E-state index contributed by atoms with van der Waals surface area (Å²) in [5, 5.41) is 3.29. The topological polar surface area (TPSA) is 43.1 Å². The summed E-state index contributed by atoms with van der Waals surface area (Å²) >= 11 is 0. The highest BCUT2D eigenvalue weighted by Gasteiger charge is 2.26. The Morgan fingerprint density at radius 2 is 1.31 bits per heavy atom. The van der Waals surface area contributed by atoms with Gasteiger partial charge in [-0.15, -0.1) is 0 Å². The number of imidazole rings is 1. The summed E-state index contributed by atoms with van der Waals surface area (Å²) in [6.07, 6.45) is 9.57. The number of pyridine rings is 3. The zero-order chi connectivity index (χ0) is 22.7. The van der Waals surface area contributed by atoms with Crippen molar-refractivity contribution in [3.63, 3.8) is 0 Å². The number of nitrogens with zero attached hydrogens (tertiary/aromatic N) is 4. The van der Waals surface area contributed by atoms with Crippen molar-refractivity contribution < 1.29 is 0 Å². The second-order valence-corrected chi connectivity index (χ2v) is 9.76. The highest BCUT2D eigenvalue weighted by Crippen LogP contribution is 2.46. The van der Waals surface area contributed by atoms with E-state index in [1.165, 1.54) is 44.5 Å². The van der Waals surface area contributed by atoms with Crippen LogP contribution >= 0.6 is 0 Å². The zero-order valence-corrected chi connectivity index (χ0v) is 18.8. The minimum absolute atomic E-state index is 0.967. The quantitative estimate of drug-likeness (QED) is 0.243. The van der Waals surface area contributed by atoms with Crippen LogP contribution in [0.1, 0.15) is 22.3 Å². The summed E-state index contributed by atoms with van der Waals surface area (Å²) in [4.78, 5) is 13.9. The molecular weight excluding hydrogens is 428 g/mol. The van der Waals surface area contributed by atoms with Gasteiger partial charge < -0.3 is 0 Å². The minimum atomic E-state index is 0.967. The monoisotopic (exact) mass is 446 g/mol. The summed E-state index contributed by atoms with van der Waals surface area (Å²) in [7, 11) is 0. The fourth-order valence-corrected chi connectivity index (χ4v) is 6.42. The third-order valence-electron chi connectivity index (χ3n) is 7.96. The van der Waals surface area contributed by atoms with Crippen molar-refractivity contribution in [1.82, 2.24) is 19.4 Å². The van der Waals surface area contributed by atoms with Gasteiger partial charge in [-0.3, -0.25) is 14.4 Å². The predicted molar refractivity (Wildman–Crippen MR) is 140 cm³/mol. The Kier molecular flexibility index (Phi) is 3.11. The first-order chi connectivity index (χ1) is 17.3. The van der Waals surface area contributed by atoms with Gasteiger partial charge in [-0.25, -0.2) is 4.98 Å². The molecular formula is C31H18N4. The Morgan fingerprint density at radius 1 is 0.571 bits per heavy atom. The van der Waals surface area contributed by atoms with Crippen LogP contribution in [0.2, 0.25) is 0 Å². The largest absolute Gasteiger partial charge is 0.292 e. The number of hydrogen-bond acceptors (Lipinski definition) is 3. The van der Waals surface area contributed by atoms with Crippen LogP contribution in [0.3, 0.4) is 0 Å². The van der Waals surface area contributed by atoms with E-state index in [2.05, 4.69) is 75.0 Å². The standard InChI is InChI=1S/C31H18N4/c1-2-4-21-17(3-1)9-18-10-19-11-20-12-30-28(14-25(20)24(19)13-23(18)21)34-31-22-5-7-32-15-26(22)27-16-33-8-6-29(27)35(30)31/h1-8,10,12-16H,9,11H2. The van der Waals surface area contributed by atoms with Crippen LogP contribution in [0.25, 0.3) is 60.6 Å². The Morgan fingerprint density at radius 3 is 2.26 bits per heavy atom. The summed E-state index contributed by atoms with van der Waals surface area (Å²) < 4.78 is 2.30. The fraction of sp³-hybridized carbons (Fsp3) is 0.0645. The molecule has 0 aliphatic heterocycles. The molecule has 7 aromatic rings. The van der Waals surface area contributed by atoms with E-state index in [0.717, 1.165) is 51.2 Å². The lowest BCUT2D eigenvalue weighted by Gasteiger charge is -2.08. The van der Waals surface area contributed by atoms with Crippen LogP contribution in [-0.4, -0.2) is 19.4 Å². The third-order valence-corrected chi connectivity index (χ3v) is 7.96.